The van der Waals surface area contributed by atoms with Crippen molar-refractivity contribution in [3.63, 3.8) is 0 Å². The lowest BCUT2D eigenvalue weighted by Crippen LogP contribution is -2.49. The first-order valence-electron chi connectivity index (χ1n) is 9.26. The lowest BCUT2D eigenvalue weighted by atomic mass is 10.1. The number of ether oxygens (including phenoxy) is 2. The highest BCUT2D eigenvalue weighted by atomic mass is 16.6. The summed E-state index contributed by atoms with van der Waals surface area (Å²) in [4.78, 5) is 31.5. The Kier molecular flexibility index (Phi) is 6.01. The molecule has 1 N–H and O–H groups in total. The van der Waals surface area contributed by atoms with Crippen LogP contribution in [0.2, 0.25) is 0 Å². The van der Waals surface area contributed by atoms with Crippen molar-refractivity contribution in [2.24, 2.45) is 0 Å². The van der Waals surface area contributed by atoms with Gasteiger partial charge >= 0.3 is 12.1 Å². The molecule has 1 saturated heterocycles. The van der Waals surface area contributed by atoms with E-state index in [1.54, 1.807) is 18.7 Å². The van der Waals surface area contributed by atoms with Crippen molar-refractivity contribution in [3.05, 3.63) is 42.0 Å². The summed E-state index contributed by atoms with van der Waals surface area (Å²) in [5.74, 6) is 0.384. The number of H-pyrrole nitrogens is 1. The molecule has 0 atom stereocenters. The monoisotopic (exact) mass is 371 g/mol. The number of piperazine rings is 1. The Morgan fingerprint density at radius 2 is 1.67 bits per heavy atom. The highest BCUT2D eigenvalue weighted by Crippen LogP contribution is 2.29. The highest BCUT2D eigenvalue weighted by Gasteiger charge is 2.27. The number of benzene rings is 1. The SMILES string of the molecule is CCOC(=O)c1cc(-c2ccccc2)[nH]c1N1CCN(C(=O)OCC)CC1. The van der Waals surface area contributed by atoms with Crippen molar-refractivity contribution >= 4 is 17.9 Å². The van der Waals surface area contributed by atoms with E-state index in [1.807, 2.05) is 36.4 Å². The van der Waals surface area contributed by atoms with Gasteiger partial charge in [0.15, 0.2) is 0 Å². The van der Waals surface area contributed by atoms with Crippen LogP contribution in [0.3, 0.4) is 0 Å². The number of anilines is 1. The maximum Gasteiger partial charge on any atom is 0.409 e. The van der Waals surface area contributed by atoms with Crippen molar-refractivity contribution < 1.29 is 19.1 Å². The second kappa shape index (κ2) is 8.62. The van der Waals surface area contributed by atoms with Crippen molar-refractivity contribution in [3.8, 4) is 11.3 Å². The molecule has 27 heavy (non-hydrogen) atoms. The summed E-state index contributed by atoms with van der Waals surface area (Å²) < 4.78 is 10.3. The molecule has 0 bridgehead atoms. The molecule has 144 valence electrons. The van der Waals surface area contributed by atoms with Gasteiger partial charge in [-0.05, 0) is 25.5 Å². The van der Waals surface area contributed by atoms with E-state index in [9.17, 15) is 9.59 Å². The quantitative estimate of drug-likeness (QED) is 0.818. The van der Waals surface area contributed by atoms with Crippen LogP contribution in [0.15, 0.2) is 36.4 Å². The van der Waals surface area contributed by atoms with Crippen LogP contribution in [0.25, 0.3) is 11.3 Å². The minimum Gasteiger partial charge on any atom is -0.462 e. The predicted octanol–water partition coefficient (Wildman–Crippen LogP) is 3.14. The van der Waals surface area contributed by atoms with E-state index in [0.29, 0.717) is 45.0 Å². The molecular weight excluding hydrogens is 346 g/mol. The van der Waals surface area contributed by atoms with Crippen molar-refractivity contribution in [2.75, 3.05) is 44.3 Å². The first-order valence-corrected chi connectivity index (χ1v) is 9.26. The summed E-state index contributed by atoms with van der Waals surface area (Å²) in [5.41, 5.74) is 2.38. The minimum absolute atomic E-state index is 0.292. The molecule has 0 spiro atoms. The van der Waals surface area contributed by atoms with Gasteiger partial charge in [-0.25, -0.2) is 9.59 Å². The standard InChI is InChI=1S/C20H25N3O4/c1-3-26-19(24)16-14-17(15-8-6-5-7-9-15)21-18(16)22-10-12-23(13-11-22)20(25)27-4-2/h5-9,14,21H,3-4,10-13H2,1-2H3. The molecule has 1 aliphatic heterocycles. The van der Waals surface area contributed by atoms with E-state index >= 15 is 0 Å². The van der Waals surface area contributed by atoms with E-state index in [1.165, 1.54) is 0 Å². The molecule has 0 radical (unpaired) electrons. The molecular formula is C20H25N3O4. The summed E-state index contributed by atoms with van der Waals surface area (Å²) in [6.45, 7) is 6.58. The molecule has 1 aliphatic rings. The average molecular weight is 371 g/mol. The second-order valence-electron chi connectivity index (χ2n) is 6.20. The van der Waals surface area contributed by atoms with Gasteiger partial charge in [0.1, 0.15) is 11.4 Å². The third kappa shape index (κ3) is 4.24. The van der Waals surface area contributed by atoms with E-state index in [2.05, 4.69) is 9.88 Å². The molecule has 0 aliphatic carbocycles. The Labute approximate surface area is 158 Å². The van der Waals surface area contributed by atoms with Crippen LogP contribution in [0.5, 0.6) is 0 Å². The predicted molar refractivity (Wildman–Crippen MR) is 103 cm³/mol. The molecule has 2 heterocycles. The Balaban J connectivity index is 1.82. The van der Waals surface area contributed by atoms with E-state index in [-0.39, 0.29) is 12.1 Å². The molecule has 3 rings (SSSR count). The Morgan fingerprint density at radius 3 is 2.30 bits per heavy atom. The number of nitrogens with zero attached hydrogens (tertiary/aromatic N) is 2. The first kappa shape index (κ1) is 18.8. The zero-order valence-electron chi connectivity index (χ0n) is 15.7. The van der Waals surface area contributed by atoms with Crippen LogP contribution in [0.4, 0.5) is 10.6 Å². The van der Waals surface area contributed by atoms with Crippen molar-refractivity contribution in [2.45, 2.75) is 13.8 Å². The van der Waals surface area contributed by atoms with Gasteiger partial charge in [-0.15, -0.1) is 0 Å². The number of carbonyl (C=O) groups excluding carboxylic acids is 2. The number of hydrogen-bond acceptors (Lipinski definition) is 5. The average Bonchev–Trinajstić information content (AvgIpc) is 3.15. The van der Waals surface area contributed by atoms with Crippen molar-refractivity contribution in [1.29, 1.82) is 0 Å². The van der Waals surface area contributed by atoms with Crippen LogP contribution in [-0.4, -0.2) is 61.3 Å². The lowest BCUT2D eigenvalue weighted by Gasteiger charge is -2.35. The Hall–Kier alpha value is -2.96. The summed E-state index contributed by atoms with van der Waals surface area (Å²) >= 11 is 0. The maximum atomic E-state index is 12.5. The molecule has 0 saturated carbocycles. The fraction of sp³-hybridized carbons (Fsp3) is 0.400. The van der Waals surface area contributed by atoms with Crippen molar-refractivity contribution in [1.82, 2.24) is 9.88 Å². The molecule has 1 fully saturated rings. The van der Waals surface area contributed by atoms with Crippen LogP contribution in [0, 0.1) is 0 Å². The van der Waals surface area contributed by atoms with Gasteiger partial charge in [0.05, 0.1) is 13.2 Å². The summed E-state index contributed by atoms with van der Waals surface area (Å²) in [7, 11) is 0. The molecule has 1 amide bonds. The topological polar surface area (TPSA) is 74.9 Å². The molecule has 7 nitrogen and oxygen atoms in total. The number of esters is 1. The molecule has 7 heteroatoms. The van der Waals surface area contributed by atoms with Crippen LogP contribution >= 0.6 is 0 Å². The van der Waals surface area contributed by atoms with E-state index < -0.39 is 0 Å². The zero-order chi connectivity index (χ0) is 19.2. The van der Waals surface area contributed by atoms with Gasteiger partial charge in [0.2, 0.25) is 0 Å². The second-order valence-corrected chi connectivity index (χ2v) is 6.20. The van der Waals surface area contributed by atoms with E-state index in [4.69, 9.17) is 9.47 Å². The van der Waals surface area contributed by atoms with E-state index in [0.717, 1.165) is 17.1 Å². The Bertz CT molecular complexity index is 780. The van der Waals surface area contributed by atoms with Gasteiger partial charge in [-0.2, -0.15) is 0 Å². The minimum atomic E-state index is -0.348. The molecule has 1 aromatic carbocycles. The number of hydrogen-bond donors (Lipinski definition) is 1. The van der Waals surface area contributed by atoms with Crippen LogP contribution < -0.4 is 4.90 Å². The van der Waals surface area contributed by atoms with Crippen LogP contribution in [-0.2, 0) is 9.47 Å². The fourth-order valence-electron chi connectivity index (χ4n) is 3.16. The van der Waals surface area contributed by atoms with Gasteiger partial charge in [-0.1, -0.05) is 30.3 Å². The maximum absolute atomic E-state index is 12.5. The summed E-state index contributed by atoms with van der Waals surface area (Å²) in [5, 5.41) is 0. The normalized spacial score (nSPS) is 14.1. The summed E-state index contributed by atoms with van der Waals surface area (Å²) in [6.07, 6.45) is -0.292. The van der Waals surface area contributed by atoms with Gasteiger partial charge in [0, 0.05) is 31.9 Å². The number of aromatic amines is 1. The number of amides is 1. The van der Waals surface area contributed by atoms with Gasteiger partial charge in [0.25, 0.3) is 0 Å². The molecule has 1 aromatic heterocycles. The first-order chi connectivity index (χ1) is 13.1. The number of aromatic nitrogens is 1. The summed E-state index contributed by atoms with van der Waals surface area (Å²) in [6, 6.07) is 11.7. The third-order valence-electron chi connectivity index (χ3n) is 4.50. The van der Waals surface area contributed by atoms with Gasteiger partial charge in [-0.3, -0.25) is 0 Å². The number of nitrogens with one attached hydrogen (secondary N) is 1. The molecule has 2 aromatic rings. The highest BCUT2D eigenvalue weighted by molar-refractivity contribution is 5.97. The lowest BCUT2D eigenvalue weighted by molar-refractivity contribution is 0.0526. The smallest absolute Gasteiger partial charge is 0.409 e. The fourth-order valence-corrected chi connectivity index (χ4v) is 3.16. The number of carbonyl (C=O) groups is 2. The Morgan fingerprint density at radius 1 is 1.00 bits per heavy atom. The van der Waals surface area contributed by atoms with Crippen LogP contribution in [0.1, 0.15) is 24.2 Å². The van der Waals surface area contributed by atoms with Gasteiger partial charge < -0.3 is 24.3 Å². The molecule has 0 unspecified atom stereocenters. The zero-order valence-corrected chi connectivity index (χ0v) is 15.7. The third-order valence-corrected chi connectivity index (χ3v) is 4.50. The largest absolute Gasteiger partial charge is 0.462 e. The number of rotatable bonds is 5.